The largest absolute Gasteiger partial charge is 0.555 e. The number of nitrogens with two attached hydrogens (primary N) is 1. The van der Waals surface area contributed by atoms with Crippen molar-refractivity contribution in [2.75, 3.05) is 5.73 Å². The van der Waals surface area contributed by atoms with Crippen LogP contribution in [0.2, 0.25) is 0 Å². The molecule has 0 aromatic heterocycles. The fourth-order valence-electron chi connectivity index (χ4n) is 1.45. The zero-order chi connectivity index (χ0) is 12.5. The Morgan fingerprint density at radius 3 is 2.53 bits per heavy atom. The van der Waals surface area contributed by atoms with Gasteiger partial charge in [0.1, 0.15) is 5.75 Å². The first-order chi connectivity index (χ1) is 8.00. The van der Waals surface area contributed by atoms with Crippen LogP contribution >= 0.6 is 7.82 Å². The first kappa shape index (κ1) is 11.9. The van der Waals surface area contributed by atoms with Gasteiger partial charge in [-0.15, -0.1) is 4.67 Å². The molecule has 0 fully saturated rings. The second-order valence-corrected chi connectivity index (χ2v) is 4.69. The number of hydrogen-bond acceptors (Lipinski definition) is 5. The van der Waals surface area contributed by atoms with Crippen LogP contribution in [0.15, 0.2) is 36.4 Å². The molecule has 2 aromatic rings. The summed E-state index contributed by atoms with van der Waals surface area (Å²) in [6, 6.07) is 9.96. The number of hydrogen-bond donors (Lipinski definition) is 3. The summed E-state index contributed by atoms with van der Waals surface area (Å²) >= 11 is 0. The number of phosphoric ester groups is 1. The van der Waals surface area contributed by atoms with Gasteiger partial charge in [-0.25, -0.2) is 9.82 Å². The van der Waals surface area contributed by atoms with Gasteiger partial charge in [0, 0.05) is 5.69 Å². The van der Waals surface area contributed by atoms with Gasteiger partial charge in [-0.1, -0.05) is 12.1 Å². The van der Waals surface area contributed by atoms with Crippen LogP contribution < -0.4 is 10.3 Å². The third-order valence-electron chi connectivity index (χ3n) is 2.16. The maximum atomic E-state index is 11.0. The van der Waals surface area contributed by atoms with Crippen LogP contribution in [0.1, 0.15) is 0 Å². The Labute approximate surface area is 96.7 Å². The Kier molecular flexibility index (Phi) is 3.04. The maximum absolute atomic E-state index is 11.0. The van der Waals surface area contributed by atoms with Crippen molar-refractivity contribution in [2.24, 2.45) is 0 Å². The third-order valence-corrected chi connectivity index (χ3v) is 2.81. The number of benzene rings is 2. The Morgan fingerprint density at radius 1 is 1.12 bits per heavy atom. The topological polar surface area (TPSA) is 102 Å². The second-order valence-electron chi connectivity index (χ2n) is 3.41. The zero-order valence-electron chi connectivity index (χ0n) is 8.61. The molecule has 0 heterocycles. The van der Waals surface area contributed by atoms with Gasteiger partial charge < -0.3 is 10.3 Å². The zero-order valence-corrected chi connectivity index (χ0v) is 9.50. The summed E-state index contributed by atoms with van der Waals surface area (Å²) in [5.74, 6) is 0.1000. The molecule has 1 atom stereocenters. The molecule has 90 valence electrons. The van der Waals surface area contributed by atoms with Crippen molar-refractivity contribution in [2.45, 2.75) is 0 Å². The quantitative estimate of drug-likeness (QED) is 0.337. The van der Waals surface area contributed by atoms with E-state index in [4.69, 9.17) is 15.9 Å². The molecule has 0 saturated carbocycles. The molecule has 0 aliphatic carbocycles. The standard InChI is InChI=1S/C10H10NO5P/c11-9-3-1-7-2-4-10(6-8(7)5-9)15-17(13,14)16-12/h1-6,12H,11H2,(H,13,14). The molecule has 0 spiro atoms. The van der Waals surface area contributed by atoms with Crippen molar-refractivity contribution in [3.63, 3.8) is 0 Å². The number of nitrogen functional groups attached to an aromatic ring is 1. The van der Waals surface area contributed by atoms with E-state index in [-0.39, 0.29) is 5.75 Å². The van der Waals surface area contributed by atoms with Gasteiger partial charge in [0.2, 0.25) is 0 Å². The normalized spacial score (nSPS) is 14.5. The Hall–Kier alpha value is -1.59. The van der Waals surface area contributed by atoms with Gasteiger partial charge in [0.25, 0.3) is 0 Å². The SMILES string of the molecule is Nc1ccc2ccc(OP(=O)(O)OO)cc2c1. The molecule has 0 amide bonds. The first-order valence-corrected chi connectivity index (χ1v) is 6.14. The van der Waals surface area contributed by atoms with Crippen molar-refractivity contribution < 1.29 is 23.9 Å². The van der Waals surface area contributed by atoms with E-state index in [2.05, 4.69) is 9.20 Å². The molecule has 6 nitrogen and oxygen atoms in total. The highest BCUT2D eigenvalue weighted by Gasteiger charge is 2.22. The van der Waals surface area contributed by atoms with Crippen molar-refractivity contribution in [3.8, 4) is 5.75 Å². The minimum Gasteiger partial charge on any atom is -0.403 e. The summed E-state index contributed by atoms with van der Waals surface area (Å²) in [6.45, 7) is 0. The minimum absolute atomic E-state index is 0.1000. The van der Waals surface area contributed by atoms with Crippen LogP contribution in [0.25, 0.3) is 10.8 Å². The molecule has 4 N–H and O–H groups in total. The molecule has 0 aliphatic heterocycles. The van der Waals surface area contributed by atoms with Crippen molar-refractivity contribution in [1.82, 2.24) is 0 Å². The lowest BCUT2D eigenvalue weighted by Gasteiger charge is -2.09. The van der Waals surface area contributed by atoms with Gasteiger partial charge in [-0.3, -0.25) is 4.89 Å². The van der Waals surface area contributed by atoms with Crippen LogP contribution in [-0.2, 0) is 9.24 Å². The highest BCUT2D eigenvalue weighted by Crippen LogP contribution is 2.43. The molecule has 0 bridgehead atoms. The van der Waals surface area contributed by atoms with E-state index in [1.807, 2.05) is 6.07 Å². The van der Waals surface area contributed by atoms with Gasteiger partial charge in [-0.05, 0) is 35.0 Å². The van der Waals surface area contributed by atoms with Crippen molar-refractivity contribution in [1.29, 1.82) is 0 Å². The summed E-state index contributed by atoms with van der Waals surface area (Å²) in [6.07, 6.45) is 0. The lowest BCUT2D eigenvalue weighted by molar-refractivity contribution is -0.156. The first-order valence-electron chi connectivity index (χ1n) is 4.65. The highest BCUT2D eigenvalue weighted by molar-refractivity contribution is 7.47. The Morgan fingerprint density at radius 2 is 1.82 bits per heavy atom. The molecule has 0 saturated heterocycles. The smallest absolute Gasteiger partial charge is 0.403 e. The van der Waals surface area contributed by atoms with E-state index in [0.29, 0.717) is 5.69 Å². The summed E-state index contributed by atoms with van der Waals surface area (Å²) in [4.78, 5) is 8.94. The molecule has 0 radical (unpaired) electrons. The van der Waals surface area contributed by atoms with Crippen LogP contribution in [-0.4, -0.2) is 10.2 Å². The van der Waals surface area contributed by atoms with Crippen LogP contribution in [0.3, 0.4) is 0 Å². The molecule has 1 unspecified atom stereocenters. The maximum Gasteiger partial charge on any atom is 0.555 e. The van der Waals surface area contributed by atoms with Crippen LogP contribution in [0, 0.1) is 0 Å². The lowest BCUT2D eigenvalue weighted by atomic mass is 10.1. The van der Waals surface area contributed by atoms with E-state index in [1.165, 1.54) is 12.1 Å². The number of phosphoric acid groups is 1. The lowest BCUT2D eigenvalue weighted by Crippen LogP contribution is -1.94. The van der Waals surface area contributed by atoms with Gasteiger partial charge in [-0.2, -0.15) is 0 Å². The van der Waals surface area contributed by atoms with Gasteiger partial charge >= 0.3 is 7.82 Å². The van der Waals surface area contributed by atoms with Crippen LogP contribution in [0.4, 0.5) is 5.69 Å². The second kappa shape index (κ2) is 4.35. The van der Waals surface area contributed by atoms with E-state index < -0.39 is 7.82 Å². The predicted octanol–water partition coefficient (Wildman–Crippen LogP) is 2.39. The van der Waals surface area contributed by atoms with Gasteiger partial charge in [0.05, 0.1) is 0 Å². The molecular formula is C10H10NO5P. The number of fused-ring (bicyclic) bond motifs is 1. The molecular weight excluding hydrogens is 245 g/mol. The molecule has 2 rings (SSSR count). The van der Waals surface area contributed by atoms with Gasteiger partial charge in [0.15, 0.2) is 0 Å². The van der Waals surface area contributed by atoms with E-state index >= 15 is 0 Å². The van der Waals surface area contributed by atoms with E-state index in [9.17, 15) is 4.57 Å². The number of anilines is 1. The monoisotopic (exact) mass is 255 g/mol. The minimum atomic E-state index is -4.46. The highest BCUT2D eigenvalue weighted by atomic mass is 31.2. The summed E-state index contributed by atoms with van der Waals surface area (Å²) in [5, 5.41) is 9.81. The van der Waals surface area contributed by atoms with Crippen molar-refractivity contribution in [3.05, 3.63) is 36.4 Å². The summed E-state index contributed by atoms with van der Waals surface area (Å²) in [5.41, 5.74) is 6.19. The molecule has 0 aliphatic rings. The van der Waals surface area contributed by atoms with Crippen molar-refractivity contribution >= 4 is 24.3 Å². The fourth-order valence-corrected chi connectivity index (χ4v) is 1.86. The summed E-state index contributed by atoms with van der Waals surface area (Å²) < 4.78 is 18.9. The van der Waals surface area contributed by atoms with Crippen LogP contribution in [0.5, 0.6) is 5.75 Å². The number of rotatable bonds is 3. The van der Waals surface area contributed by atoms with E-state index in [1.54, 1.807) is 18.2 Å². The van der Waals surface area contributed by atoms with E-state index in [0.717, 1.165) is 10.8 Å². The summed E-state index contributed by atoms with van der Waals surface area (Å²) in [7, 11) is -4.46. The Balaban J connectivity index is 2.40. The molecule has 7 heteroatoms. The Bertz CT molecular complexity index is 600. The predicted molar refractivity (Wildman–Crippen MR) is 62.5 cm³/mol. The molecule has 17 heavy (non-hydrogen) atoms. The average molecular weight is 255 g/mol. The molecule has 2 aromatic carbocycles. The third kappa shape index (κ3) is 2.75. The average Bonchev–Trinajstić information content (AvgIpc) is 2.28. The fraction of sp³-hybridized carbons (Fsp3) is 0.